The maximum Gasteiger partial charge on any atom is 0.449 e. The molecule has 0 bridgehead atoms. The van der Waals surface area contributed by atoms with Crippen LogP contribution in [0.1, 0.15) is 44.3 Å². The predicted molar refractivity (Wildman–Crippen MR) is 95.2 cm³/mol. The average molecular weight is 383 g/mol. The number of hydrogen-bond donors (Lipinski definition) is 1. The number of halogens is 3. The number of carbonyl (C=O) groups is 1. The van der Waals surface area contributed by atoms with E-state index in [-0.39, 0.29) is 5.52 Å². The van der Waals surface area contributed by atoms with E-state index in [4.69, 9.17) is 4.74 Å². The molecule has 0 spiro atoms. The summed E-state index contributed by atoms with van der Waals surface area (Å²) in [6, 6.07) is 6.28. The lowest BCUT2D eigenvalue weighted by atomic mass is 9.98. The number of para-hydroxylation sites is 2. The van der Waals surface area contributed by atoms with E-state index in [2.05, 4.69) is 10.3 Å². The van der Waals surface area contributed by atoms with E-state index >= 15 is 0 Å². The maximum atomic E-state index is 13.2. The van der Waals surface area contributed by atoms with Gasteiger partial charge >= 0.3 is 6.18 Å². The first-order valence-electron chi connectivity index (χ1n) is 9.36. The van der Waals surface area contributed by atoms with E-state index in [9.17, 15) is 18.0 Å². The predicted octanol–water partition coefficient (Wildman–Crippen LogP) is 3.91. The van der Waals surface area contributed by atoms with Gasteiger partial charge in [-0.3, -0.25) is 4.79 Å². The van der Waals surface area contributed by atoms with Crippen LogP contribution in [0.25, 0.3) is 11.0 Å². The normalized spacial score (nSPS) is 16.0. The zero-order valence-corrected chi connectivity index (χ0v) is 15.1. The quantitative estimate of drug-likeness (QED) is 0.738. The summed E-state index contributed by atoms with van der Waals surface area (Å²) in [4.78, 5) is 15.8. The van der Waals surface area contributed by atoms with Crippen LogP contribution >= 0.6 is 0 Å². The number of benzene rings is 1. The van der Waals surface area contributed by atoms with Gasteiger partial charge in [0.2, 0.25) is 11.7 Å². The molecule has 1 aromatic heterocycles. The molecular weight excluding hydrogens is 359 g/mol. The third-order valence-electron chi connectivity index (χ3n) is 4.76. The Hall–Kier alpha value is -2.09. The van der Waals surface area contributed by atoms with Crippen molar-refractivity contribution in [3.63, 3.8) is 0 Å². The fourth-order valence-electron chi connectivity index (χ4n) is 3.43. The van der Waals surface area contributed by atoms with Gasteiger partial charge in [-0.15, -0.1) is 0 Å². The zero-order valence-electron chi connectivity index (χ0n) is 15.1. The molecule has 1 aromatic carbocycles. The Balaban J connectivity index is 1.51. The molecule has 1 heterocycles. The van der Waals surface area contributed by atoms with Crippen molar-refractivity contribution in [2.75, 3.05) is 13.2 Å². The maximum absolute atomic E-state index is 13.2. The van der Waals surface area contributed by atoms with Crippen molar-refractivity contribution >= 4 is 16.9 Å². The van der Waals surface area contributed by atoms with Crippen LogP contribution in [0.3, 0.4) is 0 Å². The molecule has 1 aliphatic rings. The first-order chi connectivity index (χ1) is 12.9. The molecule has 1 amide bonds. The number of nitrogens with one attached hydrogen (secondary N) is 1. The Morgan fingerprint density at radius 1 is 1.22 bits per heavy atom. The second kappa shape index (κ2) is 8.73. The third-order valence-corrected chi connectivity index (χ3v) is 4.76. The van der Waals surface area contributed by atoms with Crippen molar-refractivity contribution in [3.05, 3.63) is 30.1 Å². The molecule has 0 unspecified atom stereocenters. The number of carbonyl (C=O) groups excluding carboxylic acids is 1. The lowest BCUT2D eigenvalue weighted by Gasteiger charge is -2.21. The molecular formula is C19H24F3N3O2. The van der Waals surface area contributed by atoms with Gasteiger partial charge in [0.15, 0.2) is 0 Å². The Morgan fingerprint density at radius 3 is 2.70 bits per heavy atom. The molecule has 1 fully saturated rings. The number of nitrogens with zero attached hydrogens (tertiary/aromatic N) is 2. The lowest BCUT2D eigenvalue weighted by Crippen LogP contribution is -2.31. The van der Waals surface area contributed by atoms with Gasteiger partial charge in [-0.2, -0.15) is 13.2 Å². The first-order valence-corrected chi connectivity index (χ1v) is 9.36. The largest absolute Gasteiger partial charge is 0.449 e. The van der Waals surface area contributed by atoms with Gasteiger partial charge in [0.1, 0.15) is 6.54 Å². The molecule has 2 aromatic rings. The Labute approximate surface area is 155 Å². The lowest BCUT2D eigenvalue weighted by molar-refractivity contribution is -0.147. The van der Waals surface area contributed by atoms with Crippen LogP contribution in [0, 0.1) is 0 Å². The molecule has 1 saturated carbocycles. The fraction of sp³-hybridized carbons (Fsp3) is 0.579. The van der Waals surface area contributed by atoms with Crippen LogP contribution in [0.5, 0.6) is 0 Å². The van der Waals surface area contributed by atoms with Crippen LogP contribution in [0.2, 0.25) is 0 Å². The smallest absolute Gasteiger partial charge is 0.378 e. The molecule has 27 heavy (non-hydrogen) atoms. The summed E-state index contributed by atoms with van der Waals surface area (Å²) < 4.78 is 46.4. The third kappa shape index (κ3) is 5.22. The number of alkyl halides is 3. The second-order valence-corrected chi connectivity index (χ2v) is 6.84. The van der Waals surface area contributed by atoms with Gasteiger partial charge in [0.25, 0.3) is 0 Å². The van der Waals surface area contributed by atoms with Crippen LogP contribution in [0.4, 0.5) is 13.2 Å². The van der Waals surface area contributed by atoms with Crippen molar-refractivity contribution in [1.82, 2.24) is 14.9 Å². The summed E-state index contributed by atoms with van der Waals surface area (Å²) in [5.74, 6) is -1.53. The minimum absolute atomic E-state index is 0.221. The van der Waals surface area contributed by atoms with Crippen molar-refractivity contribution in [2.24, 2.45) is 0 Å². The molecule has 5 nitrogen and oxygen atoms in total. The van der Waals surface area contributed by atoms with Crippen molar-refractivity contribution in [1.29, 1.82) is 0 Å². The number of imidazole rings is 1. The van der Waals surface area contributed by atoms with Crippen molar-refractivity contribution < 1.29 is 22.7 Å². The van der Waals surface area contributed by atoms with Crippen LogP contribution in [-0.4, -0.2) is 34.7 Å². The van der Waals surface area contributed by atoms with E-state index in [1.807, 2.05) is 0 Å². The molecule has 8 heteroatoms. The molecule has 0 atom stereocenters. The van der Waals surface area contributed by atoms with Crippen molar-refractivity contribution in [2.45, 2.75) is 57.3 Å². The number of ether oxygens (including phenoxy) is 1. The van der Waals surface area contributed by atoms with E-state index in [0.717, 1.165) is 17.4 Å². The van der Waals surface area contributed by atoms with Gasteiger partial charge in [-0.05, 0) is 31.4 Å². The molecule has 1 N–H and O–H groups in total. The summed E-state index contributed by atoms with van der Waals surface area (Å²) >= 11 is 0. The Kier molecular flexibility index (Phi) is 6.36. The number of aromatic nitrogens is 2. The number of rotatable bonds is 7. The minimum Gasteiger partial charge on any atom is -0.378 e. The van der Waals surface area contributed by atoms with Crippen LogP contribution in [-0.2, 0) is 22.3 Å². The molecule has 0 aliphatic heterocycles. The molecule has 148 valence electrons. The SMILES string of the molecule is O=C(Cn1c(C(F)(F)F)nc2ccccc21)NCCCOC1CCCCC1. The van der Waals surface area contributed by atoms with Gasteiger partial charge in [0.05, 0.1) is 17.1 Å². The summed E-state index contributed by atoms with van der Waals surface area (Å²) in [7, 11) is 0. The number of amides is 1. The van der Waals surface area contributed by atoms with Gasteiger partial charge in [0, 0.05) is 13.2 Å². The van der Waals surface area contributed by atoms with Gasteiger partial charge in [-0.25, -0.2) is 4.98 Å². The highest BCUT2D eigenvalue weighted by Crippen LogP contribution is 2.31. The summed E-state index contributed by atoms with van der Waals surface area (Å²) in [6.07, 6.45) is 2.15. The Morgan fingerprint density at radius 2 is 1.96 bits per heavy atom. The molecule has 1 aliphatic carbocycles. The minimum atomic E-state index is -4.62. The van der Waals surface area contributed by atoms with E-state index in [1.165, 1.54) is 31.4 Å². The standard InChI is InChI=1S/C19H24F3N3O2/c20-19(21,22)18-24-15-9-4-5-10-16(15)25(18)13-17(26)23-11-6-12-27-14-7-2-1-3-8-14/h4-5,9-10,14H,1-3,6-8,11-13H2,(H,23,26). The molecule has 0 radical (unpaired) electrons. The van der Waals surface area contributed by atoms with Gasteiger partial charge in [-0.1, -0.05) is 31.4 Å². The summed E-state index contributed by atoms with van der Waals surface area (Å²) in [5, 5.41) is 2.67. The van der Waals surface area contributed by atoms with Crippen molar-refractivity contribution in [3.8, 4) is 0 Å². The number of fused-ring (bicyclic) bond motifs is 1. The highest BCUT2D eigenvalue weighted by atomic mass is 19.4. The van der Waals surface area contributed by atoms with E-state index in [1.54, 1.807) is 12.1 Å². The highest BCUT2D eigenvalue weighted by Gasteiger charge is 2.37. The summed E-state index contributed by atoms with van der Waals surface area (Å²) in [5.41, 5.74) is 0.513. The molecule has 0 saturated heterocycles. The number of hydrogen-bond acceptors (Lipinski definition) is 3. The van der Waals surface area contributed by atoms with E-state index in [0.29, 0.717) is 31.2 Å². The van der Waals surface area contributed by atoms with Gasteiger partial charge < -0.3 is 14.6 Å². The Bertz CT molecular complexity index is 767. The first kappa shape index (κ1) is 19.7. The summed E-state index contributed by atoms with van der Waals surface area (Å²) in [6.45, 7) is 0.505. The van der Waals surface area contributed by atoms with E-state index < -0.39 is 24.5 Å². The topological polar surface area (TPSA) is 56.2 Å². The average Bonchev–Trinajstić information content (AvgIpc) is 3.01. The highest BCUT2D eigenvalue weighted by molar-refractivity contribution is 5.81. The fourth-order valence-corrected chi connectivity index (χ4v) is 3.43. The zero-order chi connectivity index (χ0) is 19.3. The monoisotopic (exact) mass is 383 g/mol. The van der Waals surface area contributed by atoms with Crippen LogP contribution < -0.4 is 5.32 Å². The van der Waals surface area contributed by atoms with Crippen LogP contribution in [0.15, 0.2) is 24.3 Å². The second-order valence-electron chi connectivity index (χ2n) is 6.84. The molecule has 3 rings (SSSR count).